The van der Waals surface area contributed by atoms with Gasteiger partial charge < -0.3 is 15.0 Å². The number of anilines is 1. The van der Waals surface area contributed by atoms with Gasteiger partial charge in [-0.25, -0.2) is 0 Å². The van der Waals surface area contributed by atoms with Crippen LogP contribution in [-0.2, 0) is 11.2 Å². The summed E-state index contributed by atoms with van der Waals surface area (Å²) in [4.78, 5) is 14.4. The fourth-order valence-electron chi connectivity index (χ4n) is 3.28. The van der Waals surface area contributed by atoms with Crippen molar-refractivity contribution in [2.75, 3.05) is 31.6 Å². The fourth-order valence-corrected chi connectivity index (χ4v) is 3.28. The summed E-state index contributed by atoms with van der Waals surface area (Å²) in [7, 11) is 1.68. The fraction of sp³-hybridized carbons (Fsp3) is 0.381. The Bertz CT molecular complexity index is 670. The lowest BCUT2D eigenvalue weighted by atomic mass is 10.1. The van der Waals surface area contributed by atoms with Gasteiger partial charge in [0.05, 0.1) is 7.11 Å². The van der Waals surface area contributed by atoms with Gasteiger partial charge in [-0.2, -0.15) is 0 Å². The maximum atomic E-state index is 12.1. The number of rotatable bonds is 7. The van der Waals surface area contributed by atoms with Crippen molar-refractivity contribution in [3.8, 4) is 5.75 Å². The van der Waals surface area contributed by atoms with Gasteiger partial charge in [-0.15, -0.1) is 0 Å². The lowest BCUT2D eigenvalue weighted by Gasteiger charge is -2.19. The highest BCUT2D eigenvalue weighted by atomic mass is 16.5. The molecule has 1 amide bonds. The highest BCUT2D eigenvalue weighted by Crippen LogP contribution is 2.25. The summed E-state index contributed by atoms with van der Waals surface area (Å²) in [6, 6.07) is 18.3. The standard InChI is InChI=1S/C21H26N2O2/c1-25-20-10-8-19(9-11-20)23-14-13-18(16-23)15-22-21(24)12-7-17-5-3-2-4-6-17/h2-6,8-11,18H,7,12-16H2,1H3,(H,22,24). The van der Waals surface area contributed by atoms with E-state index in [4.69, 9.17) is 4.74 Å². The average molecular weight is 338 g/mol. The maximum absolute atomic E-state index is 12.1. The van der Waals surface area contributed by atoms with Crippen LogP contribution in [-0.4, -0.2) is 32.7 Å². The minimum atomic E-state index is 0.145. The third-order valence-corrected chi connectivity index (χ3v) is 4.79. The van der Waals surface area contributed by atoms with E-state index in [2.05, 4.69) is 34.5 Å². The van der Waals surface area contributed by atoms with Gasteiger partial charge in [0.2, 0.25) is 5.91 Å². The van der Waals surface area contributed by atoms with Crippen LogP contribution in [0.5, 0.6) is 5.75 Å². The second kappa shape index (κ2) is 8.56. The van der Waals surface area contributed by atoms with Crippen LogP contribution in [0.4, 0.5) is 5.69 Å². The first-order valence-electron chi connectivity index (χ1n) is 8.94. The van der Waals surface area contributed by atoms with Crippen LogP contribution in [0, 0.1) is 5.92 Å². The van der Waals surface area contributed by atoms with E-state index in [0.717, 1.165) is 38.2 Å². The maximum Gasteiger partial charge on any atom is 0.220 e. The highest BCUT2D eigenvalue weighted by Gasteiger charge is 2.23. The molecule has 0 radical (unpaired) electrons. The molecule has 0 spiro atoms. The number of amides is 1. The van der Waals surface area contributed by atoms with E-state index in [1.807, 2.05) is 30.3 Å². The van der Waals surface area contributed by atoms with Gasteiger partial charge >= 0.3 is 0 Å². The Morgan fingerprint density at radius 2 is 1.92 bits per heavy atom. The van der Waals surface area contributed by atoms with Crippen molar-refractivity contribution in [2.45, 2.75) is 19.3 Å². The number of carbonyl (C=O) groups excluding carboxylic acids is 1. The van der Waals surface area contributed by atoms with E-state index in [-0.39, 0.29) is 5.91 Å². The van der Waals surface area contributed by atoms with Crippen molar-refractivity contribution in [1.82, 2.24) is 5.32 Å². The largest absolute Gasteiger partial charge is 0.497 e. The van der Waals surface area contributed by atoms with E-state index in [1.165, 1.54) is 11.3 Å². The molecule has 2 aromatic rings. The first-order valence-corrected chi connectivity index (χ1v) is 8.94. The lowest BCUT2D eigenvalue weighted by molar-refractivity contribution is -0.121. The van der Waals surface area contributed by atoms with Crippen LogP contribution >= 0.6 is 0 Å². The topological polar surface area (TPSA) is 41.6 Å². The monoisotopic (exact) mass is 338 g/mol. The lowest BCUT2D eigenvalue weighted by Crippen LogP contribution is -2.31. The Morgan fingerprint density at radius 1 is 1.16 bits per heavy atom. The average Bonchev–Trinajstić information content (AvgIpc) is 3.14. The molecule has 1 fully saturated rings. The Hall–Kier alpha value is -2.49. The summed E-state index contributed by atoms with van der Waals surface area (Å²) >= 11 is 0. The van der Waals surface area contributed by atoms with Crippen LogP contribution in [0.3, 0.4) is 0 Å². The van der Waals surface area contributed by atoms with Crippen LogP contribution in [0.1, 0.15) is 18.4 Å². The molecular formula is C21H26N2O2. The number of nitrogens with zero attached hydrogens (tertiary/aromatic N) is 1. The van der Waals surface area contributed by atoms with Crippen molar-refractivity contribution in [3.05, 3.63) is 60.2 Å². The summed E-state index contributed by atoms with van der Waals surface area (Å²) < 4.78 is 5.21. The smallest absolute Gasteiger partial charge is 0.220 e. The second-order valence-corrected chi connectivity index (χ2v) is 6.59. The van der Waals surface area contributed by atoms with Crippen molar-refractivity contribution < 1.29 is 9.53 Å². The first-order chi connectivity index (χ1) is 12.2. The molecule has 1 unspecified atom stereocenters. The van der Waals surface area contributed by atoms with Gasteiger partial charge in [0.25, 0.3) is 0 Å². The van der Waals surface area contributed by atoms with Crippen LogP contribution in [0.15, 0.2) is 54.6 Å². The molecule has 0 aromatic heterocycles. The minimum absolute atomic E-state index is 0.145. The van der Waals surface area contributed by atoms with Crippen molar-refractivity contribution in [1.29, 1.82) is 0 Å². The van der Waals surface area contributed by atoms with Gasteiger partial charge in [0.1, 0.15) is 5.75 Å². The third kappa shape index (κ3) is 4.99. The Labute approximate surface area is 149 Å². The SMILES string of the molecule is COc1ccc(N2CCC(CNC(=O)CCc3ccccc3)C2)cc1. The normalized spacial score (nSPS) is 16.7. The van der Waals surface area contributed by atoms with E-state index >= 15 is 0 Å². The van der Waals surface area contributed by atoms with Gasteiger partial charge in [-0.1, -0.05) is 30.3 Å². The van der Waals surface area contributed by atoms with Gasteiger partial charge in [0.15, 0.2) is 0 Å². The molecule has 25 heavy (non-hydrogen) atoms. The Morgan fingerprint density at radius 3 is 2.64 bits per heavy atom. The molecule has 1 heterocycles. The zero-order valence-corrected chi connectivity index (χ0v) is 14.8. The molecule has 132 valence electrons. The molecule has 1 N–H and O–H groups in total. The number of carbonyl (C=O) groups is 1. The number of aryl methyl sites for hydroxylation is 1. The first kappa shape index (κ1) is 17.3. The Balaban J connectivity index is 1.39. The van der Waals surface area contributed by atoms with Gasteiger partial charge in [0, 0.05) is 31.7 Å². The number of nitrogens with one attached hydrogen (secondary N) is 1. The molecule has 4 heteroatoms. The molecule has 1 aliphatic rings. The summed E-state index contributed by atoms with van der Waals surface area (Å²) in [5, 5.41) is 3.10. The van der Waals surface area contributed by atoms with Crippen molar-refractivity contribution in [3.63, 3.8) is 0 Å². The van der Waals surface area contributed by atoms with E-state index in [9.17, 15) is 4.79 Å². The van der Waals surface area contributed by atoms with E-state index in [1.54, 1.807) is 7.11 Å². The zero-order chi connectivity index (χ0) is 17.5. The zero-order valence-electron chi connectivity index (χ0n) is 14.8. The predicted molar refractivity (Wildman–Crippen MR) is 101 cm³/mol. The molecule has 0 aliphatic carbocycles. The second-order valence-electron chi connectivity index (χ2n) is 6.59. The predicted octanol–water partition coefficient (Wildman–Crippen LogP) is 3.27. The van der Waals surface area contributed by atoms with Gasteiger partial charge in [-0.05, 0) is 48.6 Å². The van der Waals surface area contributed by atoms with Crippen molar-refractivity contribution in [2.24, 2.45) is 5.92 Å². The van der Waals surface area contributed by atoms with Crippen LogP contribution in [0.25, 0.3) is 0 Å². The van der Waals surface area contributed by atoms with Crippen molar-refractivity contribution >= 4 is 11.6 Å². The molecule has 1 aliphatic heterocycles. The number of ether oxygens (including phenoxy) is 1. The highest BCUT2D eigenvalue weighted by molar-refractivity contribution is 5.76. The van der Waals surface area contributed by atoms with Crippen LogP contribution < -0.4 is 15.0 Å². The molecule has 0 saturated carbocycles. The summed E-state index contributed by atoms with van der Waals surface area (Å²) in [5.41, 5.74) is 2.43. The minimum Gasteiger partial charge on any atom is -0.497 e. The van der Waals surface area contributed by atoms with Crippen LogP contribution in [0.2, 0.25) is 0 Å². The molecule has 2 aromatic carbocycles. The number of hydrogen-bond donors (Lipinski definition) is 1. The summed E-state index contributed by atoms with van der Waals surface area (Å²) in [5.74, 6) is 1.54. The molecule has 0 bridgehead atoms. The Kier molecular flexibility index (Phi) is 5.94. The number of benzene rings is 2. The molecule has 4 nitrogen and oxygen atoms in total. The molecule has 3 rings (SSSR count). The molecular weight excluding hydrogens is 312 g/mol. The number of methoxy groups -OCH3 is 1. The molecule has 1 atom stereocenters. The summed E-state index contributed by atoms with van der Waals surface area (Å²) in [6.07, 6.45) is 2.47. The van der Waals surface area contributed by atoms with E-state index in [0.29, 0.717) is 12.3 Å². The molecule has 1 saturated heterocycles. The third-order valence-electron chi connectivity index (χ3n) is 4.79. The quantitative estimate of drug-likeness (QED) is 0.842. The van der Waals surface area contributed by atoms with Gasteiger partial charge in [-0.3, -0.25) is 4.79 Å². The van der Waals surface area contributed by atoms with E-state index < -0.39 is 0 Å². The summed E-state index contributed by atoms with van der Waals surface area (Å²) in [6.45, 7) is 2.79. The number of hydrogen-bond acceptors (Lipinski definition) is 3.